The standard InChI is InChI=1S/C18H21N3O3/c22-17(23)10-13-8-4-5-9-14(13)19-18(24)16-11-15(20-21-16)12-6-2-1-3-7-12/h4-5,8-9,11-12H,1-3,6-7,10H2,(H,19,24)(H,20,21)(H,22,23). The first-order valence-corrected chi connectivity index (χ1v) is 8.30. The van der Waals surface area contributed by atoms with E-state index < -0.39 is 5.97 Å². The molecule has 0 spiro atoms. The molecule has 0 atom stereocenters. The average Bonchev–Trinajstić information content (AvgIpc) is 3.07. The number of aliphatic carboxylic acids is 1. The highest BCUT2D eigenvalue weighted by atomic mass is 16.4. The van der Waals surface area contributed by atoms with Gasteiger partial charge in [0, 0.05) is 17.3 Å². The van der Waals surface area contributed by atoms with Gasteiger partial charge >= 0.3 is 5.97 Å². The van der Waals surface area contributed by atoms with E-state index in [1.54, 1.807) is 24.3 Å². The number of nitrogens with zero attached hydrogens (tertiary/aromatic N) is 1. The lowest BCUT2D eigenvalue weighted by Crippen LogP contribution is -2.14. The molecule has 126 valence electrons. The first-order valence-electron chi connectivity index (χ1n) is 8.30. The molecule has 0 aliphatic heterocycles. The monoisotopic (exact) mass is 327 g/mol. The van der Waals surface area contributed by atoms with Crippen molar-refractivity contribution in [2.75, 3.05) is 5.32 Å². The van der Waals surface area contributed by atoms with Crippen LogP contribution in [0.3, 0.4) is 0 Å². The summed E-state index contributed by atoms with van der Waals surface area (Å²) in [5.74, 6) is -0.811. The van der Waals surface area contributed by atoms with Crippen molar-refractivity contribution in [3.8, 4) is 0 Å². The minimum atomic E-state index is -0.934. The summed E-state index contributed by atoms with van der Waals surface area (Å²) in [7, 11) is 0. The minimum Gasteiger partial charge on any atom is -0.481 e. The second-order valence-corrected chi connectivity index (χ2v) is 6.23. The van der Waals surface area contributed by atoms with E-state index in [9.17, 15) is 9.59 Å². The topological polar surface area (TPSA) is 95.1 Å². The highest BCUT2D eigenvalue weighted by molar-refractivity contribution is 6.03. The van der Waals surface area contributed by atoms with E-state index in [-0.39, 0.29) is 12.3 Å². The van der Waals surface area contributed by atoms with Gasteiger partial charge in [-0.3, -0.25) is 14.7 Å². The summed E-state index contributed by atoms with van der Waals surface area (Å²) in [6.45, 7) is 0. The van der Waals surface area contributed by atoms with Crippen LogP contribution in [0.2, 0.25) is 0 Å². The molecule has 1 heterocycles. The van der Waals surface area contributed by atoms with Crippen LogP contribution in [0.4, 0.5) is 5.69 Å². The third kappa shape index (κ3) is 3.82. The molecule has 1 fully saturated rings. The Morgan fingerprint density at radius 1 is 1.21 bits per heavy atom. The fourth-order valence-corrected chi connectivity index (χ4v) is 3.22. The molecule has 1 amide bonds. The van der Waals surface area contributed by atoms with Crippen LogP contribution in [0, 0.1) is 0 Å². The molecule has 1 aromatic heterocycles. The van der Waals surface area contributed by atoms with Crippen molar-refractivity contribution in [2.24, 2.45) is 0 Å². The number of carbonyl (C=O) groups excluding carboxylic acids is 1. The van der Waals surface area contributed by atoms with Gasteiger partial charge in [0.1, 0.15) is 0 Å². The molecule has 1 aliphatic rings. The number of carboxylic acids is 1. The number of aromatic nitrogens is 2. The van der Waals surface area contributed by atoms with Crippen LogP contribution < -0.4 is 5.32 Å². The van der Waals surface area contributed by atoms with Crippen LogP contribution >= 0.6 is 0 Å². The van der Waals surface area contributed by atoms with Gasteiger partial charge in [-0.15, -0.1) is 0 Å². The minimum absolute atomic E-state index is 0.135. The predicted molar refractivity (Wildman–Crippen MR) is 90.1 cm³/mol. The molecular weight excluding hydrogens is 306 g/mol. The third-order valence-electron chi connectivity index (χ3n) is 4.48. The molecule has 3 N–H and O–H groups in total. The van der Waals surface area contributed by atoms with Gasteiger partial charge < -0.3 is 10.4 Å². The molecule has 3 rings (SSSR count). The zero-order valence-electron chi connectivity index (χ0n) is 13.4. The Kier molecular flexibility index (Phi) is 4.93. The number of H-pyrrole nitrogens is 1. The molecule has 24 heavy (non-hydrogen) atoms. The van der Waals surface area contributed by atoms with Crippen LogP contribution in [0.15, 0.2) is 30.3 Å². The van der Waals surface area contributed by atoms with Crippen LogP contribution in [-0.2, 0) is 11.2 Å². The van der Waals surface area contributed by atoms with Gasteiger partial charge in [-0.1, -0.05) is 37.5 Å². The van der Waals surface area contributed by atoms with Gasteiger partial charge in [-0.25, -0.2) is 0 Å². The molecule has 6 heteroatoms. The summed E-state index contributed by atoms with van der Waals surface area (Å²) in [5, 5.41) is 18.8. The van der Waals surface area contributed by atoms with Crippen LogP contribution in [0.25, 0.3) is 0 Å². The van der Waals surface area contributed by atoms with Crippen LogP contribution in [0.1, 0.15) is 59.8 Å². The van der Waals surface area contributed by atoms with Gasteiger partial charge in [-0.05, 0) is 30.5 Å². The Morgan fingerprint density at radius 3 is 2.71 bits per heavy atom. The summed E-state index contributed by atoms with van der Waals surface area (Å²) < 4.78 is 0. The van der Waals surface area contributed by atoms with E-state index >= 15 is 0 Å². The van der Waals surface area contributed by atoms with Gasteiger partial charge in [0.05, 0.1) is 6.42 Å². The normalized spacial score (nSPS) is 15.2. The lowest BCUT2D eigenvalue weighted by atomic mass is 9.87. The molecule has 6 nitrogen and oxygen atoms in total. The molecule has 0 saturated heterocycles. The summed E-state index contributed by atoms with van der Waals surface area (Å²) in [6.07, 6.45) is 5.83. The molecule has 2 aromatic rings. The van der Waals surface area contributed by atoms with E-state index in [1.165, 1.54) is 19.3 Å². The maximum atomic E-state index is 12.4. The molecule has 1 saturated carbocycles. The Hall–Kier alpha value is -2.63. The molecule has 1 aromatic carbocycles. The number of aromatic amines is 1. The summed E-state index contributed by atoms with van der Waals surface area (Å²) in [6, 6.07) is 8.72. The first-order chi connectivity index (χ1) is 11.6. The maximum absolute atomic E-state index is 12.4. The van der Waals surface area contributed by atoms with Crippen molar-refractivity contribution in [1.29, 1.82) is 0 Å². The third-order valence-corrected chi connectivity index (χ3v) is 4.48. The molecular formula is C18H21N3O3. The number of carboxylic acid groups (broad SMARTS) is 1. The number of carbonyl (C=O) groups is 2. The number of hydrogen-bond acceptors (Lipinski definition) is 3. The van der Waals surface area contributed by atoms with Gasteiger partial charge in [0.25, 0.3) is 5.91 Å². The highest BCUT2D eigenvalue weighted by Gasteiger charge is 2.20. The smallest absolute Gasteiger partial charge is 0.307 e. The van der Waals surface area contributed by atoms with Gasteiger partial charge in [-0.2, -0.15) is 5.10 Å². The summed E-state index contributed by atoms with van der Waals surface area (Å²) in [5.41, 5.74) is 2.42. The highest BCUT2D eigenvalue weighted by Crippen LogP contribution is 2.31. The maximum Gasteiger partial charge on any atom is 0.307 e. The number of nitrogens with one attached hydrogen (secondary N) is 2. The molecule has 0 bridgehead atoms. The second kappa shape index (κ2) is 7.29. The number of para-hydroxylation sites is 1. The van der Waals surface area contributed by atoms with Crippen molar-refractivity contribution < 1.29 is 14.7 Å². The fraction of sp³-hybridized carbons (Fsp3) is 0.389. The SMILES string of the molecule is O=C(O)Cc1ccccc1NC(=O)c1cc(C2CCCCC2)[nH]n1. The number of rotatable bonds is 5. The van der Waals surface area contributed by atoms with E-state index in [0.29, 0.717) is 22.9 Å². The number of benzene rings is 1. The number of amides is 1. The number of hydrogen-bond donors (Lipinski definition) is 3. The van der Waals surface area contributed by atoms with Crippen molar-refractivity contribution in [1.82, 2.24) is 10.2 Å². The first kappa shape index (κ1) is 16.2. The Morgan fingerprint density at radius 2 is 1.96 bits per heavy atom. The summed E-state index contributed by atoms with van der Waals surface area (Å²) in [4.78, 5) is 23.3. The number of anilines is 1. The van der Waals surface area contributed by atoms with Crippen molar-refractivity contribution in [3.05, 3.63) is 47.3 Å². The fourth-order valence-electron chi connectivity index (χ4n) is 3.22. The predicted octanol–water partition coefficient (Wildman–Crippen LogP) is 3.34. The molecule has 0 unspecified atom stereocenters. The lowest BCUT2D eigenvalue weighted by Gasteiger charge is -2.19. The average molecular weight is 327 g/mol. The van der Waals surface area contributed by atoms with E-state index in [1.807, 2.05) is 6.07 Å². The molecule has 0 radical (unpaired) electrons. The van der Waals surface area contributed by atoms with Crippen LogP contribution in [-0.4, -0.2) is 27.2 Å². The Balaban J connectivity index is 1.71. The van der Waals surface area contributed by atoms with E-state index in [0.717, 1.165) is 18.5 Å². The van der Waals surface area contributed by atoms with Crippen LogP contribution in [0.5, 0.6) is 0 Å². The largest absolute Gasteiger partial charge is 0.481 e. The summed E-state index contributed by atoms with van der Waals surface area (Å²) >= 11 is 0. The van der Waals surface area contributed by atoms with Crippen molar-refractivity contribution in [2.45, 2.75) is 44.4 Å². The van der Waals surface area contributed by atoms with Crippen molar-refractivity contribution in [3.63, 3.8) is 0 Å². The van der Waals surface area contributed by atoms with E-state index in [4.69, 9.17) is 5.11 Å². The zero-order chi connectivity index (χ0) is 16.9. The molecule has 1 aliphatic carbocycles. The van der Waals surface area contributed by atoms with E-state index in [2.05, 4.69) is 15.5 Å². The Labute approximate surface area is 140 Å². The Bertz CT molecular complexity index is 733. The zero-order valence-corrected chi connectivity index (χ0v) is 13.4. The second-order valence-electron chi connectivity index (χ2n) is 6.23. The quantitative estimate of drug-likeness (QED) is 0.785. The lowest BCUT2D eigenvalue weighted by molar-refractivity contribution is -0.136. The van der Waals surface area contributed by atoms with Gasteiger partial charge in [0.15, 0.2) is 5.69 Å². The van der Waals surface area contributed by atoms with Crippen molar-refractivity contribution >= 4 is 17.6 Å². The van der Waals surface area contributed by atoms with Gasteiger partial charge in [0.2, 0.25) is 0 Å².